The van der Waals surface area contributed by atoms with E-state index in [9.17, 15) is 37.8 Å². The molecule has 0 saturated carbocycles. The number of aryl methyl sites for hydroxylation is 2. The number of phosphoric ester groups is 2. The lowest BCUT2D eigenvalue weighted by atomic mass is 10.1. The van der Waals surface area contributed by atoms with E-state index in [1.807, 2.05) is 60.7 Å². The maximum absolute atomic E-state index is 13.3. The normalized spacial score (nSPS) is 28.7. The molecule has 0 spiro atoms. The average Bonchev–Trinajstić information content (AvgIpc) is 4.18. The molecule has 33 heteroatoms. The number of benzene rings is 2. The summed E-state index contributed by atoms with van der Waals surface area (Å²) in [7, 11) is -16.7. The summed E-state index contributed by atoms with van der Waals surface area (Å²) in [6.45, 7) is 1.72. The van der Waals surface area contributed by atoms with E-state index in [4.69, 9.17) is 37.5 Å². The quantitative estimate of drug-likeness (QED) is 0.0770. The number of hydrogen-bond donors (Lipinski definition) is 4. The van der Waals surface area contributed by atoms with Crippen LogP contribution in [0.2, 0.25) is 0 Å². The molecule has 4 aliphatic rings. The van der Waals surface area contributed by atoms with E-state index in [2.05, 4.69) is 42.8 Å². The Morgan fingerprint density at radius 3 is 1.25 bits per heavy atom. The van der Waals surface area contributed by atoms with Gasteiger partial charge in [0.2, 0.25) is 0 Å². The third-order valence-electron chi connectivity index (χ3n) is 12.3. The fourth-order valence-corrected chi connectivity index (χ4v) is 14.3. The molecule has 4 saturated heterocycles. The Balaban J connectivity index is 0.795. The molecule has 75 heavy (non-hydrogen) atoms. The van der Waals surface area contributed by atoms with E-state index in [1.54, 1.807) is 61.0 Å². The van der Waals surface area contributed by atoms with Gasteiger partial charge in [0.25, 0.3) is 0 Å². The van der Waals surface area contributed by atoms with Crippen LogP contribution in [0.1, 0.15) is 35.2 Å². The van der Waals surface area contributed by atoms with Crippen LogP contribution in [0, 0.1) is 13.8 Å². The van der Waals surface area contributed by atoms with E-state index in [0.29, 0.717) is 58.5 Å². The van der Waals surface area contributed by atoms with Gasteiger partial charge in [-0.1, -0.05) is 60.7 Å². The van der Waals surface area contributed by atoms with Crippen molar-refractivity contribution in [2.75, 3.05) is 51.2 Å². The summed E-state index contributed by atoms with van der Waals surface area (Å²) in [6, 6.07) is 18.6. The van der Waals surface area contributed by atoms with E-state index in [-0.39, 0.29) is 0 Å². The predicted octanol–water partition coefficient (Wildman–Crippen LogP) is 4.40. The zero-order valence-electron chi connectivity index (χ0n) is 40.7. The van der Waals surface area contributed by atoms with Gasteiger partial charge in [0.05, 0.1) is 13.2 Å². The highest BCUT2D eigenvalue weighted by Crippen LogP contribution is 2.71. The average molecular weight is 1120 g/mol. The van der Waals surface area contributed by atoms with Crippen LogP contribution in [0.3, 0.4) is 0 Å². The molecule has 10 rings (SSSR count). The molecule has 0 aliphatic carbocycles. The van der Waals surface area contributed by atoms with Crippen LogP contribution in [0.4, 0.5) is 11.6 Å². The number of imidazole rings is 2. The van der Waals surface area contributed by atoms with Crippen molar-refractivity contribution < 1.29 is 88.2 Å². The van der Waals surface area contributed by atoms with Crippen molar-refractivity contribution in [3.8, 4) is 0 Å². The molecule has 4 N–H and O–H groups in total. The highest BCUT2D eigenvalue weighted by atomic mass is 31.3. The van der Waals surface area contributed by atoms with Crippen molar-refractivity contribution in [2.24, 2.45) is 0 Å². The summed E-state index contributed by atoms with van der Waals surface area (Å²) < 4.78 is 117. The molecule has 0 radical (unpaired) electrons. The Kier molecular flexibility index (Phi) is 15.1. The molecule has 2 aromatic carbocycles. The van der Waals surface area contributed by atoms with Gasteiger partial charge in [-0.05, 0) is 25.0 Å². The second kappa shape index (κ2) is 21.0. The number of anilines is 2. The fraction of sp³-hybridized carbons (Fsp3) is 0.476. The van der Waals surface area contributed by atoms with Crippen molar-refractivity contribution in [3.63, 3.8) is 0 Å². The number of rotatable bonds is 20. The van der Waals surface area contributed by atoms with Gasteiger partial charge in [-0.2, -0.15) is 12.9 Å². The predicted molar refractivity (Wildman–Crippen MR) is 258 cm³/mol. The van der Waals surface area contributed by atoms with Crippen molar-refractivity contribution >= 4 is 65.3 Å². The standard InChI is InChI=1S/C42H52N10O19P4/c1-23-47-31-37(49(3)4)43-21-45-39(31)51(23)41-35-33(65-29(67-35)17-25-13-9-7-10-14-25)27(63-41)19-61-72(53,54)69-74(57,58)71-75(59,60)70-73(55,56)62-20-28-34-36(68-30(66-34)18-26-15-11-8-12-16-26)42(64-28)52-24(2)48-32-38(50(5)6)44-22-46-40(32)52/h7-16,21-22,27-30,33-36,41-42H,17-20H2,1-6H3,(H,53,54)(H,55,56)(H,57,58)(H,59,60)/t27-,28-,29?,30?,33+,34?,35?,36?,41-,42-/m1/s1. The molecule has 6 aromatic rings. The molecule has 0 amide bonds. The first kappa shape index (κ1) is 53.8. The highest BCUT2D eigenvalue weighted by molar-refractivity contribution is 7.69. The summed E-state index contributed by atoms with van der Waals surface area (Å²) in [5.74, 6) is 1.92. The zero-order chi connectivity index (χ0) is 53.2. The van der Waals surface area contributed by atoms with Crippen molar-refractivity contribution in [1.82, 2.24) is 39.0 Å². The Morgan fingerprint density at radius 2 is 0.880 bits per heavy atom. The lowest BCUT2D eigenvalue weighted by Gasteiger charge is -2.23. The smallest absolute Gasteiger partial charge is 0.361 e. The minimum atomic E-state index is -6.19. The molecule has 4 aromatic heterocycles. The number of aromatic nitrogens is 8. The largest absolute Gasteiger partial charge is 0.490 e. The third-order valence-corrected chi connectivity index (χ3v) is 18.2. The van der Waals surface area contributed by atoms with Gasteiger partial charge < -0.3 is 57.8 Å². The molecular weight excluding hydrogens is 1070 g/mol. The second-order valence-corrected chi connectivity index (χ2v) is 24.3. The Bertz CT molecular complexity index is 3040. The van der Waals surface area contributed by atoms with Crippen molar-refractivity contribution in [2.45, 2.75) is 88.3 Å². The van der Waals surface area contributed by atoms with Crippen LogP contribution in [-0.2, 0) is 81.5 Å². The van der Waals surface area contributed by atoms with Crippen LogP contribution >= 0.6 is 31.3 Å². The summed E-state index contributed by atoms with van der Waals surface area (Å²) in [4.78, 5) is 72.6. The first-order chi connectivity index (χ1) is 35.5. The monoisotopic (exact) mass is 1120 g/mol. The summed E-state index contributed by atoms with van der Waals surface area (Å²) >= 11 is 0. The molecule has 4 fully saturated rings. The van der Waals surface area contributed by atoms with Crippen molar-refractivity contribution in [3.05, 3.63) is 96.1 Å². The van der Waals surface area contributed by atoms with Gasteiger partial charge >= 0.3 is 31.3 Å². The van der Waals surface area contributed by atoms with Crippen molar-refractivity contribution in [1.29, 1.82) is 0 Å². The number of hydrogen-bond acceptors (Lipinski definition) is 23. The fourth-order valence-electron chi connectivity index (χ4n) is 9.37. The van der Waals surface area contributed by atoms with E-state index < -0.39 is 106 Å². The van der Waals surface area contributed by atoms with Gasteiger partial charge in [0, 0.05) is 41.0 Å². The number of fused-ring (bicyclic) bond motifs is 4. The topological polar surface area (TPSA) is 344 Å². The molecule has 9 unspecified atom stereocenters. The van der Waals surface area contributed by atoms with Gasteiger partial charge in [-0.3, -0.25) is 18.2 Å². The minimum Gasteiger partial charge on any atom is -0.361 e. The number of phosphoric acid groups is 4. The molecule has 4 aliphatic heterocycles. The lowest BCUT2D eigenvalue weighted by Crippen LogP contribution is -2.32. The highest BCUT2D eigenvalue weighted by Gasteiger charge is 2.57. The molecular formula is C42H52N10O19P4. The van der Waals surface area contributed by atoms with Crippen LogP contribution in [-0.4, -0.2) is 149 Å². The molecule has 14 atom stereocenters. The van der Waals surface area contributed by atoms with Crippen LogP contribution in [0.25, 0.3) is 22.3 Å². The first-order valence-electron chi connectivity index (χ1n) is 23.0. The Hall–Kier alpha value is -4.54. The first-order valence-corrected chi connectivity index (χ1v) is 29.0. The maximum atomic E-state index is 13.3. The van der Waals surface area contributed by atoms with E-state index in [0.717, 1.165) is 11.1 Å². The molecule has 0 bridgehead atoms. The van der Waals surface area contributed by atoms with Crippen LogP contribution < -0.4 is 9.80 Å². The SMILES string of the molecule is Cc1nc2c(N(C)C)ncnc2n1[C@@H]1O[C@H](COP(=O)(O)OP(=O)(O)OP(=O)(O)OP(=O)(O)OC[C@H]2O[C@@H](n3c(C)nc4c(N(C)C)ncnc43)C3OC(Cc4ccccc4)O[C@H]32)C2OC(Cc3ccccc3)OC21. The Labute approximate surface area is 427 Å². The molecule has 29 nitrogen and oxygen atoms in total. The van der Waals surface area contributed by atoms with E-state index >= 15 is 0 Å². The molecule has 8 heterocycles. The molecule has 404 valence electrons. The third kappa shape index (κ3) is 11.5. The Morgan fingerprint density at radius 1 is 0.520 bits per heavy atom. The number of nitrogens with zero attached hydrogens (tertiary/aromatic N) is 10. The van der Waals surface area contributed by atoms with Crippen LogP contribution in [0.5, 0.6) is 0 Å². The number of ether oxygens (including phenoxy) is 6. The van der Waals surface area contributed by atoms with Crippen LogP contribution in [0.15, 0.2) is 73.3 Å². The summed E-state index contributed by atoms with van der Waals surface area (Å²) in [5, 5.41) is 0. The summed E-state index contributed by atoms with van der Waals surface area (Å²) in [5.41, 5.74) is 3.40. The minimum absolute atomic E-state index is 0.305. The van der Waals surface area contributed by atoms with Gasteiger partial charge in [0.1, 0.15) is 60.9 Å². The van der Waals surface area contributed by atoms with Gasteiger partial charge in [0.15, 0.2) is 59.0 Å². The second-order valence-electron chi connectivity index (χ2n) is 18.1. The lowest BCUT2D eigenvalue weighted by molar-refractivity contribution is -0.149. The van der Waals surface area contributed by atoms with Gasteiger partial charge in [-0.25, -0.2) is 48.2 Å². The summed E-state index contributed by atoms with van der Waals surface area (Å²) in [6.07, 6.45) is -6.52. The maximum Gasteiger partial charge on any atom is 0.490 e. The zero-order valence-corrected chi connectivity index (χ0v) is 44.3. The van der Waals surface area contributed by atoms with E-state index in [1.165, 1.54) is 12.7 Å². The van der Waals surface area contributed by atoms with Gasteiger partial charge in [-0.15, -0.1) is 0 Å².